The molecule has 0 atom stereocenters. The van der Waals surface area contributed by atoms with Gasteiger partial charge >= 0.3 is 0 Å². The summed E-state index contributed by atoms with van der Waals surface area (Å²) in [7, 11) is 1.61. The lowest BCUT2D eigenvalue weighted by Crippen LogP contribution is -2.42. The molecule has 2 aromatic rings. The predicted molar refractivity (Wildman–Crippen MR) is 109 cm³/mol. The molecule has 0 aliphatic rings. The highest BCUT2D eigenvalue weighted by atomic mass is 32.2. The number of thioether (sulfide) groups is 1. The van der Waals surface area contributed by atoms with Gasteiger partial charge in [0.15, 0.2) is 0 Å². The fourth-order valence-corrected chi connectivity index (χ4v) is 3.17. The average molecular weight is 388 g/mol. The first-order chi connectivity index (χ1) is 13.1. The Morgan fingerprint density at radius 2 is 1.59 bits per heavy atom. The Balaban J connectivity index is 1.79. The lowest BCUT2D eigenvalue weighted by molar-refractivity contribution is -0.119. The van der Waals surface area contributed by atoms with E-state index >= 15 is 0 Å². The van der Waals surface area contributed by atoms with Crippen LogP contribution in [0.1, 0.15) is 24.2 Å². The van der Waals surface area contributed by atoms with Crippen molar-refractivity contribution in [3.8, 4) is 5.75 Å². The summed E-state index contributed by atoms with van der Waals surface area (Å²) < 4.78 is 5.10. The van der Waals surface area contributed by atoms with Crippen LogP contribution >= 0.6 is 11.8 Å². The molecule has 27 heavy (non-hydrogen) atoms. The highest BCUT2D eigenvalue weighted by Crippen LogP contribution is 2.20. The van der Waals surface area contributed by atoms with Gasteiger partial charge in [-0.25, -0.2) is 0 Å². The number of anilines is 1. The Hall–Kier alpha value is -2.67. The molecule has 2 amide bonds. The largest absolute Gasteiger partial charge is 0.497 e. The molecule has 0 radical (unpaired) electrons. The van der Waals surface area contributed by atoms with Crippen molar-refractivity contribution in [2.45, 2.75) is 18.7 Å². The summed E-state index contributed by atoms with van der Waals surface area (Å²) in [5.74, 6) is 0.351. The average Bonchev–Trinajstić information content (AvgIpc) is 2.72. The monoisotopic (exact) mass is 387 g/mol. The van der Waals surface area contributed by atoms with E-state index in [1.165, 1.54) is 11.8 Å². The maximum absolute atomic E-state index is 12.2. The third-order valence-corrected chi connectivity index (χ3v) is 5.01. The molecule has 0 aliphatic carbocycles. The fraction of sp³-hybridized carbons (Fsp3) is 0.300. The predicted octanol–water partition coefficient (Wildman–Crippen LogP) is 3.09. The molecule has 0 saturated heterocycles. The number of ether oxygens (including phenoxy) is 1. The van der Waals surface area contributed by atoms with Crippen LogP contribution in [0.2, 0.25) is 0 Å². The summed E-state index contributed by atoms with van der Waals surface area (Å²) >= 11 is 1.38. The van der Waals surface area contributed by atoms with Crippen LogP contribution in [0, 0.1) is 0 Å². The smallest absolute Gasteiger partial charge is 0.269 e. The van der Waals surface area contributed by atoms with Crippen molar-refractivity contribution in [2.75, 3.05) is 30.9 Å². The SMILES string of the molecule is CCN(CC)c1ccc(C(=O)NNC(=O)CSc2ccc(OC)cc2)cc1. The fourth-order valence-electron chi connectivity index (χ4n) is 2.47. The molecular formula is C20H25N3O3S. The number of hydrogen-bond acceptors (Lipinski definition) is 5. The van der Waals surface area contributed by atoms with Crippen molar-refractivity contribution < 1.29 is 14.3 Å². The number of rotatable bonds is 8. The van der Waals surface area contributed by atoms with E-state index in [0.29, 0.717) is 5.56 Å². The standard InChI is InChI=1S/C20H25N3O3S/c1-4-23(5-2)16-8-6-15(7-9-16)20(25)22-21-19(24)14-27-18-12-10-17(26-3)11-13-18/h6-13H,4-5,14H2,1-3H3,(H,21,24)(H,22,25). The first kappa shape index (κ1) is 20.6. The van der Waals surface area contributed by atoms with Gasteiger partial charge in [0.05, 0.1) is 12.9 Å². The minimum absolute atomic E-state index is 0.202. The first-order valence-electron chi connectivity index (χ1n) is 8.78. The highest BCUT2D eigenvalue weighted by Gasteiger charge is 2.09. The summed E-state index contributed by atoms with van der Waals surface area (Å²) in [5.41, 5.74) is 6.44. The normalized spacial score (nSPS) is 10.2. The third-order valence-electron chi connectivity index (χ3n) is 4.00. The second kappa shape index (κ2) is 10.5. The summed E-state index contributed by atoms with van der Waals surface area (Å²) in [6.07, 6.45) is 0. The number of carbonyl (C=O) groups excluding carboxylic acids is 2. The van der Waals surface area contributed by atoms with Gasteiger partial charge in [-0.2, -0.15) is 0 Å². The molecule has 0 bridgehead atoms. The van der Waals surface area contributed by atoms with E-state index in [0.717, 1.165) is 29.4 Å². The van der Waals surface area contributed by atoms with Gasteiger partial charge in [-0.1, -0.05) is 0 Å². The molecule has 0 spiro atoms. The number of methoxy groups -OCH3 is 1. The molecule has 0 fully saturated rings. The number of benzene rings is 2. The van der Waals surface area contributed by atoms with E-state index in [9.17, 15) is 9.59 Å². The molecule has 2 aromatic carbocycles. The number of amides is 2. The highest BCUT2D eigenvalue weighted by molar-refractivity contribution is 8.00. The Morgan fingerprint density at radius 1 is 0.963 bits per heavy atom. The molecule has 0 heterocycles. The Kier molecular flexibility index (Phi) is 8.00. The molecule has 0 saturated carbocycles. The van der Waals surface area contributed by atoms with Crippen LogP contribution in [-0.4, -0.2) is 37.8 Å². The Labute approximate surface area is 164 Å². The van der Waals surface area contributed by atoms with Gasteiger partial charge in [-0.05, 0) is 62.4 Å². The van der Waals surface area contributed by atoms with Crippen molar-refractivity contribution in [3.05, 3.63) is 54.1 Å². The molecule has 6 nitrogen and oxygen atoms in total. The molecule has 144 valence electrons. The summed E-state index contributed by atoms with van der Waals surface area (Å²) in [6.45, 7) is 5.99. The number of nitrogens with one attached hydrogen (secondary N) is 2. The van der Waals surface area contributed by atoms with E-state index < -0.39 is 0 Å². The molecule has 0 unspecified atom stereocenters. The summed E-state index contributed by atoms with van der Waals surface area (Å²) in [6, 6.07) is 14.8. The van der Waals surface area contributed by atoms with Gasteiger partial charge in [0, 0.05) is 29.2 Å². The summed E-state index contributed by atoms with van der Waals surface area (Å²) in [4.78, 5) is 27.2. The van der Waals surface area contributed by atoms with Crippen molar-refractivity contribution in [2.24, 2.45) is 0 Å². The molecular weight excluding hydrogens is 362 g/mol. The second-order valence-corrected chi connectivity index (χ2v) is 6.73. The Bertz CT molecular complexity index is 744. The second-order valence-electron chi connectivity index (χ2n) is 5.69. The van der Waals surface area contributed by atoms with Gasteiger partial charge in [-0.3, -0.25) is 20.4 Å². The van der Waals surface area contributed by atoms with E-state index in [1.807, 2.05) is 36.4 Å². The van der Waals surface area contributed by atoms with Gasteiger partial charge in [0.2, 0.25) is 5.91 Å². The minimum atomic E-state index is -0.344. The van der Waals surface area contributed by atoms with Crippen molar-refractivity contribution in [1.29, 1.82) is 0 Å². The van der Waals surface area contributed by atoms with Gasteiger partial charge in [0.1, 0.15) is 5.75 Å². The molecule has 0 aromatic heterocycles. The zero-order chi connectivity index (χ0) is 19.6. The third kappa shape index (κ3) is 6.21. The maximum atomic E-state index is 12.2. The number of nitrogens with zero attached hydrogens (tertiary/aromatic N) is 1. The van der Waals surface area contributed by atoms with Crippen molar-refractivity contribution in [1.82, 2.24) is 10.9 Å². The lowest BCUT2D eigenvalue weighted by atomic mass is 10.2. The minimum Gasteiger partial charge on any atom is -0.497 e. The van der Waals surface area contributed by atoms with Gasteiger partial charge in [0.25, 0.3) is 5.91 Å². The van der Waals surface area contributed by atoms with Crippen molar-refractivity contribution in [3.63, 3.8) is 0 Å². The number of hydrazine groups is 1. The lowest BCUT2D eigenvalue weighted by Gasteiger charge is -2.21. The zero-order valence-corrected chi connectivity index (χ0v) is 16.6. The first-order valence-corrected chi connectivity index (χ1v) is 9.77. The molecule has 2 N–H and O–H groups in total. The number of hydrogen-bond donors (Lipinski definition) is 2. The summed E-state index contributed by atoms with van der Waals surface area (Å²) in [5, 5.41) is 0. The zero-order valence-electron chi connectivity index (χ0n) is 15.8. The van der Waals surface area contributed by atoms with Gasteiger partial charge < -0.3 is 9.64 Å². The van der Waals surface area contributed by atoms with E-state index in [-0.39, 0.29) is 17.6 Å². The maximum Gasteiger partial charge on any atom is 0.269 e. The van der Waals surface area contributed by atoms with Crippen LogP contribution in [0.5, 0.6) is 5.75 Å². The number of carbonyl (C=O) groups is 2. The molecule has 7 heteroatoms. The van der Waals surface area contributed by atoms with Crippen LogP contribution in [-0.2, 0) is 4.79 Å². The molecule has 0 aliphatic heterocycles. The van der Waals surface area contributed by atoms with Crippen molar-refractivity contribution >= 4 is 29.3 Å². The van der Waals surface area contributed by atoms with Crippen LogP contribution < -0.4 is 20.5 Å². The van der Waals surface area contributed by atoms with Crippen LogP contribution in [0.4, 0.5) is 5.69 Å². The quantitative estimate of drug-likeness (QED) is 0.538. The van der Waals surface area contributed by atoms with E-state index in [2.05, 4.69) is 29.6 Å². The van der Waals surface area contributed by atoms with Crippen LogP contribution in [0.25, 0.3) is 0 Å². The molecule has 2 rings (SSSR count). The van der Waals surface area contributed by atoms with E-state index in [4.69, 9.17) is 4.74 Å². The van der Waals surface area contributed by atoms with Crippen LogP contribution in [0.3, 0.4) is 0 Å². The van der Waals surface area contributed by atoms with E-state index in [1.54, 1.807) is 19.2 Å². The Morgan fingerprint density at radius 3 is 2.15 bits per heavy atom. The van der Waals surface area contributed by atoms with Crippen LogP contribution in [0.15, 0.2) is 53.4 Å². The van der Waals surface area contributed by atoms with Gasteiger partial charge in [-0.15, -0.1) is 11.8 Å². The topological polar surface area (TPSA) is 70.7 Å².